The molecule has 2 amide bonds. The van der Waals surface area contributed by atoms with Gasteiger partial charge in [0.25, 0.3) is 0 Å². The molecule has 2 rings (SSSR count). The summed E-state index contributed by atoms with van der Waals surface area (Å²) < 4.78 is 0.704. The number of nitrogens with one attached hydrogen (secondary N) is 2. The predicted molar refractivity (Wildman–Crippen MR) is 80.4 cm³/mol. The fourth-order valence-electron chi connectivity index (χ4n) is 1.52. The highest BCUT2D eigenvalue weighted by atomic mass is 79.9. The highest BCUT2D eigenvalue weighted by Crippen LogP contribution is 2.21. The van der Waals surface area contributed by atoms with Gasteiger partial charge in [0.15, 0.2) is 0 Å². The third-order valence-electron chi connectivity index (χ3n) is 2.49. The number of hydrogen-bond acceptors (Lipinski definition) is 3. The van der Waals surface area contributed by atoms with Crippen molar-refractivity contribution >= 4 is 39.2 Å². The largest absolute Gasteiger partial charge is 0.317 e. The van der Waals surface area contributed by atoms with E-state index in [1.807, 2.05) is 13.0 Å². The predicted octanol–water partition coefficient (Wildman–Crippen LogP) is 2.73. The summed E-state index contributed by atoms with van der Waals surface area (Å²) in [4.78, 5) is 27.5. The van der Waals surface area contributed by atoms with Gasteiger partial charge in [-0.05, 0) is 52.7 Å². The van der Waals surface area contributed by atoms with E-state index in [1.54, 1.807) is 36.5 Å². The summed E-state index contributed by atoms with van der Waals surface area (Å²) in [5, 5.41) is 4.96. The van der Waals surface area contributed by atoms with Crippen LogP contribution in [-0.4, -0.2) is 16.8 Å². The van der Waals surface area contributed by atoms with Gasteiger partial charge >= 0.3 is 11.8 Å². The van der Waals surface area contributed by atoms with E-state index >= 15 is 0 Å². The molecule has 1 aromatic heterocycles. The van der Waals surface area contributed by atoms with Gasteiger partial charge in [0, 0.05) is 10.7 Å². The number of benzene rings is 1. The second-order valence-corrected chi connectivity index (χ2v) is 4.96. The molecule has 0 aliphatic rings. The Labute approximate surface area is 124 Å². The Kier molecular flexibility index (Phi) is 4.47. The van der Waals surface area contributed by atoms with Crippen molar-refractivity contribution in [2.24, 2.45) is 0 Å². The maximum Gasteiger partial charge on any atom is 0.315 e. The van der Waals surface area contributed by atoms with E-state index in [2.05, 4.69) is 31.5 Å². The van der Waals surface area contributed by atoms with E-state index in [1.165, 1.54) is 0 Å². The van der Waals surface area contributed by atoms with E-state index in [0.29, 0.717) is 16.0 Å². The van der Waals surface area contributed by atoms with Crippen LogP contribution in [0.3, 0.4) is 0 Å². The topological polar surface area (TPSA) is 71.1 Å². The summed E-state index contributed by atoms with van der Waals surface area (Å²) in [5.74, 6) is -1.17. The molecule has 0 aliphatic carbocycles. The van der Waals surface area contributed by atoms with Crippen LogP contribution in [0.5, 0.6) is 0 Å². The normalized spacial score (nSPS) is 9.90. The van der Waals surface area contributed by atoms with Crippen molar-refractivity contribution in [2.45, 2.75) is 6.92 Å². The highest BCUT2D eigenvalue weighted by Gasteiger charge is 2.15. The molecular weight excluding hydrogens is 322 g/mol. The fraction of sp³-hybridized carbons (Fsp3) is 0.0714. The quantitative estimate of drug-likeness (QED) is 0.830. The van der Waals surface area contributed by atoms with Crippen LogP contribution in [0.2, 0.25) is 0 Å². The third-order valence-corrected chi connectivity index (χ3v) is 3.18. The van der Waals surface area contributed by atoms with Gasteiger partial charge in [-0.3, -0.25) is 9.59 Å². The van der Waals surface area contributed by atoms with Gasteiger partial charge in [0.2, 0.25) is 0 Å². The molecule has 0 saturated heterocycles. The Morgan fingerprint density at radius 1 is 1.10 bits per heavy atom. The number of carbonyl (C=O) groups excluding carboxylic acids is 2. The van der Waals surface area contributed by atoms with Crippen molar-refractivity contribution in [1.29, 1.82) is 0 Å². The first kappa shape index (κ1) is 14.2. The number of aromatic nitrogens is 1. The van der Waals surface area contributed by atoms with Crippen molar-refractivity contribution in [2.75, 3.05) is 10.6 Å². The summed E-state index contributed by atoms with van der Waals surface area (Å²) >= 11 is 3.29. The Balaban J connectivity index is 2.03. The summed E-state index contributed by atoms with van der Waals surface area (Å²) in [6.07, 6.45) is 1.57. The van der Waals surface area contributed by atoms with Crippen LogP contribution in [0.25, 0.3) is 0 Å². The highest BCUT2D eigenvalue weighted by molar-refractivity contribution is 9.10. The monoisotopic (exact) mass is 333 g/mol. The lowest BCUT2D eigenvalue weighted by atomic mass is 10.3. The molecule has 0 spiro atoms. The molecule has 2 N–H and O–H groups in total. The van der Waals surface area contributed by atoms with Gasteiger partial charge in [0.05, 0.1) is 5.69 Å². The fourth-order valence-corrected chi connectivity index (χ4v) is 1.90. The lowest BCUT2D eigenvalue weighted by molar-refractivity contribution is -0.133. The van der Waals surface area contributed by atoms with E-state index in [0.717, 1.165) is 5.56 Å². The molecule has 20 heavy (non-hydrogen) atoms. The van der Waals surface area contributed by atoms with E-state index in [9.17, 15) is 9.59 Å². The molecule has 0 unspecified atom stereocenters. The van der Waals surface area contributed by atoms with E-state index in [-0.39, 0.29) is 0 Å². The Morgan fingerprint density at radius 3 is 2.50 bits per heavy atom. The number of para-hydroxylation sites is 1. The molecule has 0 atom stereocenters. The maximum atomic E-state index is 11.8. The van der Waals surface area contributed by atoms with Gasteiger partial charge in [-0.1, -0.05) is 12.1 Å². The number of amides is 2. The second-order valence-electron chi connectivity index (χ2n) is 4.11. The van der Waals surface area contributed by atoms with Crippen molar-refractivity contribution in [3.05, 3.63) is 52.6 Å². The molecule has 1 aromatic carbocycles. The van der Waals surface area contributed by atoms with E-state index < -0.39 is 11.8 Å². The number of pyridine rings is 1. The zero-order valence-electron chi connectivity index (χ0n) is 10.7. The van der Waals surface area contributed by atoms with Gasteiger partial charge in [0.1, 0.15) is 5.82 Å². The molecule has 0 bridgehead atoms. The second kappa shape index (κ2) is 6.29. The summed E-state index contributed by atoms with van der Waals surface area (Å²) in [6.45, 7) is 1.87. The average Bonchev–Trinajstić information content (AvgIpc) is 2.41. The number of hydrogen-bond donors (Lipinski definition) is 2. The van der Waals surface area contributed by atoms with Crippen LogP contribution in [0.4, 0.5) is 11.5 Å². The summed E-state index contributed by atoms with van der Waals surface area (Å²) in [5.41, 5.74) is 1.48. The van der Waals surface area contributed by atoms with Gasteiger partial charge in [-0.15, -0.1) is 0 Å². The summed E-state index contributed by atoms with van der Waals surface area (Å²) in [6, 6.07) is 10.5. The first-order chi connectivity index (χ1) is 9.56. The average molecular weight is 334 g/mol. The Morgan fingerprint density at radius 2 is 1.80 bits per heavy atom. The summed E-state index contributed by atoms with van der Waals surface area (Å²) in [7, 11) is 0. The Bertz CT molecular complexity index is 658. The number of aryl methyl sites for hydroxylation is 1. The lowest BCUT2D eigenvalue weighted by Crippen LogP contribution is -2.29. The molecule has 0 radical (unpaired) electrons. The number of anilines is 2. The van der Waals surface area contributed by atoms with Crippen molar-refractivity contribution in [3.8, 4) is 0 Å². The van der Waals surface area contributed by atoms with Crippen molar-refractivity contribution in [1.82, 2.24) is 4.98 Å². The first-order valence-electron chi connectivity index (χ1n) is 5.86. The molecule has 0 aliphatic heterocycles. The molecule has 0 fully saturated rings. The van der Waals surface area contributed by atoms with Crippen LogP contribution in [0, 0.1) is 6.92 Å². The van der Waals surface area contributed by atoms with Crippen molar-refractivity contribution in [3.63, 3.8) is 0 Å². The lowest BCUT2D eigenvalue weighted by Gasteiger charge is -2.07. The zero-order valence-corrected chi connectivity index (χ0v) is 12.3. The molecular formula is C14H12BrN3O2. The number of rotatable bonds is 2. The Hall–Kier alpha value is -2.21. The number of halogens is 1. The minimum Gasteiger partial charge on any atom is -0.317 e. The molecule has 0 saturated carbocycles. The molecule has 2 aromatic rings. The number of carbonyl (C=O) groups is 2. The molecule has 102 valence electrons. The number of nitrogens with zero attached hydrogens (tertiary/aromatic N) is 1. The molecule has 5 nitrogen and oxygen atoms in total. The third kappa shape index (κ3) is 3.64. The van der Waals surface area contributed by atoms with Crippen molar-refractivity contribution < 1.29 is 9.59 Å². The minimum absolute atomic E-state index is 0.345. The molecule has 6 heteroatoms. The zero-order chi connectivity index (χ0) is 14.5. The van der Waals surface area contributed by atoms with E-state index in [4.69, 9.17) is 0 Å². The van der Waals surface area contributed by atoms with Crippen LogP contribution < -0.4 is 10.6 Å². The van der Waals surface area contributed by atoms with Gasteiger partial charge in [-0.25, -0.2) is 4.98 Å². The van der Waals surface area contributed by atoms with Gasteiger partial charge in [-0.2, -0.15) is 0 Å². The first-order valence-corrected chi connectivity index (χ1v) is 6.65. The SMILES string of the molecule is Cc1ccnc(NC(=O)C(=O)Nc2ccccc2Br)c1. The van der Waals surface area contributed by atoms with Crippen LogP contribution in [-0.2, 0) is 9.59 Å². The minimum atomic E-state index is -0.765. The standard InChI is InChI=1S/C14H12BrN3O2/c1-9-6-7-16-12(8-9)18-14(20)13(19)17-11-5-3-2-4-10(11)15/h2-8H,1H3,(H,17,19)(H,16,18,20). The van der Waals surface area contributed by atoms with Crippen LogP contribution >= 0.6 is 15.9 Å². The maximum absolute atomic E-state index is 11.8. The molecule has 1 heterocycles. The van der Waals surface area contributed by atoms with Crippen LogP contribution in [0.15, 0.2) is 47.1 Å². The van der Waals surface area contributed by atoms with Crippen LogP contribution in [0.1, 0.15) is 5.56 Å². The smallest absolute Gasteiger partial charge is 0.315 e. The van der Waals surface area contributed by atoms with Gasteiger partial charge < -0.3 is 10.6 Å².